The lowest BCUT2D eigenvalue weighted by molar-refractivity contribution is -0.184. The van der Waals surface area contributed by atoms with Gasteiger partial charge in [0.2, 0.25) is 0 Å². The molecule has 2 atom stereocenters. The number of nitrogens with one attached hydrogen (secondary N) is 3. The van der Waals surface area contributed by atoms with Gasteiger partial charge in [-0.3, -0.25) is 14.6 Å². The molecule has 67 heavy (non-hydrogen) atoms. The number of hydrogen-bond donors (Lipinski definition) is 4. The van der Waals surface area contributed by atoms with Gasteiger partial charge < -0.3 is 25.7 Å². The summed E-state index contributed by atoms with van der Waals surface area (Å²) in [6, 6.07) is 17.3. The molecule has 4 aliphatic rings. The summed E-state index contributed by atoms with van der Waals surface area (Å²) < 4.78 is 91.1. The number of aromatic amines is 1. The third-order valence-corrected chi connectivity index (χ3v) is 16.1. The molecular formula is C49H59F4N9O4S. The molecule has 5 N–H and O–H groups in total. The molecule has 3 aromatic heterocycles. The van der Waals surface area contributed by atoms with Crippen LogP contribution in [0.5, 0.6) is 11.5 Å². The fourth-order valence-electron chi connectivity index (χ4n) is 10.7. The number of benzene rings is 2. The predicted molar refractivity (Wildman–Crippen MR) is 251 cm³/mol. The molecule has 18 heteroatoms. The van der Waals surface area contributed by atoms with Crippen LogP contribution in [0.1, 0.15) is 106 Å². The van der Waals surface area contributed by atoms with E-state index >= 15 is 4.39 Å². The van der Waals surface area contributed by atoms with Gasteiger partial charge in [-0.2, -0.15) is 13.2 Å². The zero-order chi connectivity index (χ0) is 47.3. The molecule has 1 unspecified atom stereocenters. The number of amides is 1. The number of sulfonamides is 1. The number of fused-ring (bicyclic) bond motifs is 1. The number of pyridine rings is 2. The Labute approximate surface area is 388 Å². The third-order valence-electron chi connectivity index (χ3n) is 14.8. The fraction of sp³-hybridized carbons (Fsp3) is 0.490. The van der Waals surface area contributed by atoms with E-state index in [9.17, 15) is 26.4 Å². The van der Waals surface area contributed by atoms with Crippen LogP contribution in [0.4, 0.5) is 34.8 Å². The van der Waals surface area contributed by atoms with Crippen molar-refractivity contribution in [2.75, 3.05) is 55.2 Å². The summed E-state index contributed by atoms with van der Waals surface area (Å²) >= 11 is 0. The van der Waals surface area contributed by atoms with E-state index in [1.807, 2.05) is 6.07 Å². The number of aromatic nitrogens is 3. The summed E-state index contributed by atoms with van der Waals surface area (Å²) in [5, 5.41) is 3.67. The molecular weight excluding hydrogens is 887 g/mol. The molecule has 358 valence electrons. The van der Waals surface area contributed by atoms with Gasteiger partial charge in [-0.25, -0.2) is 27.5 Å². The maximum absolute atomic E-state index is 15.7. The predicted octanol–water partition coefficient (Wildman–Crippen LogP) is 9.33. The average molecular weight is 946 g/mol. The number of carbonyl (C=O) groups excluding carboxylic acids is 1. The second-order valence-electron chi connectivity index (χ2n) is 19.4. The summed E-state index contributed by atoms with van der Waals surface area (Å²) in [5.41, 5.74) is 8.36. The standard InChI is InChI=1S/C49H59F4N9O4S/c1-31(2)37-7-4-5-8-38(37)42-9-6-18-62(42)34-26-47(27-34)13-19-61(20-14-47)44-25-43(66-35-23-33-12-17-55-45(33)57-28-35)39(29-56-44)46(63)59-67(64,65)36-10-11-41(40(54)24-36)58-30-48(50)15-21-60(22-16-48)32(3)49(51,52)53/h4-5,7-8,10-12,17,23-25,28-29,31-32,34,42,58H,6,9,13-16,18-22,26-27,30,54H2,1-3H3,(H,55,57)(H,59,63)/t32?,42-/m0/s1. The Morgan fingerprint density at radius 1 is 0.955 bits per heavy atom. The minimum absolute atomic E-state index is 0.0295. The van der Waals surface area contributed by atoms with Crippen molar-refractivity contribution < 1.29 is 35.5 Å². The van der Waals surface area contributed by atoms with E-state index < -0.39 is 33.8 Å². The SMILES string of the molecule is CC(C)c1ccccc1[C@@H]1CCCN1C1CC2(CCN(c3cc(Oc4cnc5[nH]ccc5c4)c(C(=O)NS(=O)(=O)c4ccc(NCC5(F)CCN(C(C)C(F)(F)F)CC5)c(N)c4)cn3)CC2)C1. The summed E-state index contributed by atoms with van der Waals surface area (Å²) in [6.07, 6.45) is 6.71. The van der Waals surface area contributed by atoms with Crippen molar-refractivity contribution >= 4 is 44.2 Å². The molecule has 3 aliphatic heterocycles. The Kier molecular flexibility index (Phi) is 12.7. The van der Waals surface area contributed by atoms with Crippen LogP contribution in [0, 0.1) is 5.41 Å². The summed E-state index contributed by atoms with van der Waals surface area (Å²) in [5.74, 6) is 0.534. The minimum atomic E-state index is -4.50. The largest absolute Gasteiger partial charge is 0.455 e. The Morgan fingerprint density at radius 2 is 1.70 bits per heavy atom. The fourth-order valence-corrected chi connectivity index (χ4v) is 11.7. The van der Waals surface area contributed by atoms with Crippen molar-refractivity contribution in [2.24, 2.45) is 5.41 Å². The maximum Gasteiger partial charge on any atom is 0.403 e. The Hall–Kier alpha value is -5.46. The van der Waals surface area contributed by atoms with Crippen LogP contribution >= 0.6 is 0 Å². The van der Waals surface area contributed by atoms with Gasteiger partial charge in [0, 0.05) is 68.7 Å². The first-order valence-electron chi connectivity index (χ1n) is 23.3. The number of likely N-dealkylation sites (tertiary alicyclic amines) is 2. The van der Waals surface area contributed by atoms with E-state index in [1.54, 1.807) is 18.3 Å². The topological polar surface area (TPSA) is 162 Å². The van der Waals surface area contributed by atoms with Crippen molar-refractivity contribution in [3.05, 3.63) is 95.9 Å². The van der Waals surface area contributed by atoms with Crippen LogP contribution < -0.4 is 25.4 Å². The van der Waals surface area contributed by atoms with Gasteiger partial charge in [0.25, 0.3) is 15.9 Å². The first-order chi connectivity index (χ1) is 31.9. The Bertz CT molecular complexity index is 2710. The molecule has 3 saturated heterocycles. The van der Waals surface area contributed by atoms with E-state index in [0.717, 1.165) is 50.9 Å². The lowest BCUT2D eigenvalue weighted by atomic mass is 9.60. The van der Waals surface area contributed by atoms with Crippen molar-refractivity contribution in [1.82, 2.24) is 29.5 Å². The molecule has 1 aliphatic carbocycles. The summed E-state index contributed by atoms with van der Waals surface area (Å²) in [4.78, 5) is 31.9. The second-order valence-corrected chi connectivity index (χ2v) is 21.1. The molecule has 5 aromatic rings. The number of halogens is 4. The smallest absolute Gasteiger partial charge is 0.403 e. The number of piperidine rings is 2. The van der Waals surface area contributed by atoms with Gasteiger partial charge in [0.15, 0.2) is 0 Å². The second kappa shape index (κ2) is 18.2. The number of nitrogens with two attached hydrogens (primary N) is 1. The normalized spacial score (nSPS) is 20.8. The van der Waals surface area contributed by atoms with Crippen molar-refractivity contribution in [3.8, 4) is 11.5 Å². The van der Waals surface area contributed by atoms with E-state index in [0.29, 0.717) is 35.2 Å². The monoisotopic (exact) mass is 945 g/mol. The molecule has 1 spiro atoms. The maximum atomic E-state index is 15.7. The van der Waals surface area contributed by atoms with Crippen LogP contribution in [-0.2, 0) is 10.0 Å². The number of nitrogens with zero attached hydrogens (tertiary/aromatic N) is 5. The molecule has 13 nitrogen and oxygen atoms in total. The first kappa shape index (κ1) is 46.6. The van der Waals surface area contributed by atoms with Crippen LogP contribution in [0.25, 0.3) is 11.0 Å². The number of carbonyl (C=O) groups is 1. The Morgan fingerprint density at radius 3 is 2.42 bits per heavy atom. The van der Waals surface area contributed by atoms with Crippen LogP contribution in [-0.4, -0.2) is 102 Å². The number of anilines is 3. The average Bonchev–Trinajstić information content (AvgIpc) is 3.98. The van der Waals surface area contributed by atoms with Gasteiger partial charge >= 0.3 is 6.18 Å². The molecule has 9 rings (SSSR count). The summed E-state index contributed by atoms with van der Waals surface area (Å²) in [6.45, 7) is 7.92. The van der Waals surface area contributed by atoms with Gasteiger partial charge in [-0.15, -0.1) is 0 Å². The van der Waals surface area contributed by atoms with Crippen LogP contribution in [0.3, 0.4) is 0 Å². The van der Waals surface area contributed by atoms with E-state index in [4.69, 9.17) is 10.5 Å². The van der Waals surface area contributed by atoms with Gasteiger partial charge in [-0.05, 0) is 118 Å². The van der Waals surface area contributed by atoms with Crippen molar-refractivity contribution in [1.29, 1.82) is 0 Å². The highest BCUT2D eigenvalue weighted by Gasteiger charge is 2.50. The zero-order valence-electron chi connectivity index (χ0n) is 38.1. The van der Waals surface area contributed by atoms with Gasteiger partial charge in [0.05, 0.1) is 22.5 Å². The van der Waals surface area contributed by atoms with E-state index in [2.05, 4.69) is 72.9 Å². The number of H-pyrrole nitrogens is 1. The molecule has 0 bridgehead atoms. The van der Waals surface area contributed by atoms with E-state index in [-0.39, 0.29) is 65.5 Å². The van der Waals surface area contributed by atoms with Gasteiger partial charge in [-0.1, -0.05) is 38.1 Å². The molecule has 1 amide bonds. The number of hydrogen-bond acceptors (Lipinski definition) is 11. The van der Waals surface area contributed by atoms with Crippen molar-refractivity contribution in [3.63, 3.8) is 0 Å². The quantitative estimate of drug-likeness (QED) is 0.0658. The number of alkyl halides is 4. The number of rotatable bonds is 13. The van der Waals surface area contributed by atoms with Crippen molar-refractivity contribution in [2.45, 2.75) is 113 Å². The molecule has 0 radical (unpaired) electrons. The lowest BCUT2D eigenvalue weighted by Crippen LogP contribution is -2.55. The lowest BCUT2D eigenvalue weighted by Gasteiger charge is -2.56. The highest BCUT2D eigenvalue weighted by atomic mass is 32.2. The minimum Gasteiger partial charge on any atom is -0.455 e. The number of nitrogen functional groups attached to an aromatic ring is 1. The molecule has 2 aromatic carbocycles. The highest BCUT2D eigenvalue weighted by molar-refractivity contribution is 7.90. The molecule has 6 heterocycles. The van der Waals surface area contributed by atoms with E-state index in [1.165, 1.54) is 66.2 Å². The number of ether oxygens (including phenoxy) is 1. The summed E-state index contributed by atoms with van der Waals surface area (Å²) in [7, 11) is -4.50. The van der Waals surface area contributed by atoms with Crippen LogP contribution in [0.2, 0.25) is 0 Å². The third kappa shape index (κ3) is 9.79. The first-order valence-corrected chi connectivity index (χ1v) is 24.8. The molecule has 1 saturated carbocycles. The molecule has 4 fully saturated rings. The zero-order valence-corrected chi connectivity index (χ0v) is 38.9. The Balaban J connectivity index is 0.861. The van der Waals surface area contributed by atoms with Gasteiger partial charge in [0.1, 0.15) is 40.2 Å². The van der Waals surface area contributed by atoms with Crippen LogP contribution in [0.15, 0.2) is 84.1 Å². The highest BCUT2D eigenvalue weighted by Crippen LogP contribution is 2.54.